The molecule has 0 aliphatic carbocycles. The van der Waals surface area contributed by atoms with Gasteiger partial charge in [-0.25, -0.2) is 0 Å². The number of phenols is 1. The maximum atomic E-state index is 10.4. The summed E-state index contributed by atoms with van der Waals surface area (Å²) in [5.41, 5.74) is 8.01. The van der Waals surface area contributed by atoms with Crippen LogP contribution in [0.15, 0.2) is 12.1 Å². The monoisotopic (exact) mass is 359 g/mol. The van der Waals surface area contributed by atoms with Crippen LogP contribution >= 0.6 is 0 Å². The van der Waals surface area contributed by atoms with Gasteiger partial charge >= 0.3 is 11.4 Å². The van der Waals surface area contributed by atoms with Gasteiger partial charge in [0.25, 0.3) is 11.4 Å². The van der Waals surface area contributed by atoms with Crippen molar-refractivity contribution >= 4 is 17.1 Å². The van der Waals surface area contributed by atoms with Gasteiger partial charge in [0.15, 0.2) is 0 Å². The van der Waals surface area contributed by atoms with E-state index >= 15 is 0 Å². The molecule has 0 aromatic heterocycles. The number of aromatic hydroxyl groups is 1. The summed E-state index contributed by atoms with van der Waals surface area (Å²) in [7, 11) is 0. The van der Waals surface area contributed by atoms with E-state index in [1.165, 1.54) is 12.8 Å². The normalized spacial score (nSPS) is 11.2. The predicted octanol–water partition coefficient (Wildman–Crippen LogP) is 1.97. The van der Waals surface area contributed by atoms with Crippen LogP contribution in [-0.4, -0.2) is 32.5 Å². The summed E-state index contributed by atoms with van der Waals surface area (Å²) >= 11 is 0. The molecule has 1 atom stereocenters. The van der Waals surface area contributed by atoms with Crippen LogP contribution < -0.4 is 11.5 Å². The molecule has 0 bridgehead atoms. The van der Waals surface area contributed by atoms with E-state index in [0.29, 0.717) is 18.2 Å². The molecule has 140 valence electrons. The average molecular weight is 359 g/mol. The molecule has 1 aromatic carbocycles. The molecule has 1 rings (SSSR count). The fourth-order valence-corrected chi connectivity index (χ4v) is 1.80. The molecule has 0 radical (unpaired) electrons. The topological polar surface area (TPSA) is 202 Å². The van der Waals surface area contributed by atoms with E-state index in [-0.39, 0.29) is 0 Å². The lowest BCUT2D eigenvalue weighted by Gasteiger charge is -2.07. The minimum absolute atomic E-state index is 0.343. The fraction of sp³-hybridized carbons (Fsp3) is 0.538. The summed E-state index contributed by atoms with van der Waals surface area (Å²) < 4.78 is 0. The highest BCUT2D eigenvalue weighted by atomic mass is 16.6. The summed E-state index contributed by atoms with van der Waals surface area (Å²) in [6.45, 7) is 2.90. The summed E-state index contributed by atoms with van der Waals surface area (Å²) in [6, 6.07) is 1.24. The van der Waals surface area contributed by atoms with E-state index < -0.39 is 37.6 Å². The Morgan fingerprint density at radius 3 is 1.84 bits per heavy atom. The van der Waals surface area contributed by atoms with Crippen LogP contribution in [0.5, 0.6) is 5.75 Å². The number of nitrogens with zero attached hydrogens (tertiary/aromatic N) is 3. The van der Waals surface area contributed by atoms with Crippen LogP contribution in [0.2, 0.25) is 0 Å². The minimum Gasteiger partial charge on any atom is -0.497 e. The van der Waals surface area contributed by atoms with Gasteiger partial charge in [-0.3, -0.25) is 30.3 Å². The largest absolute Gasteiger partial charge is 0.497 e. The molecule has 0 fully saturated rings. The number of nitro groups is 3. The molecule has 1 aromatic rings. The van der Waals surface area contributed by atoms with E-state index in [1.807, 2.05) is 0 Å². The van der Waals surface area contributed by atoms with E-state index in [4.69, 9.17) is 16.6 Å². The first kappa shape index (κ1) is 22.1. The van der Waals surface area contributed by atoms with E-state index in [2.05, 4.69) is 6.92 Å². The number of nitro benzene ring substituents is 3. The molecular formula is C13H21N5O7. The first-order chi connectivity index (χ1) is 11.6. The first-order valence-corrected chi connectivity index (χ1v) is 7.41. The zero-order chi connectivity index (χ0) is 19.6. The first-order valence-electron chi connectivity index (χ1n) is 7.41. The maximum Gasteiger partial charge on any atom is 0.324 e. The van der Waals surface area contributed by atoms with Gasteiger partial charge < -0.3 is 16.6 Å². The lowest BCUT2D eigenvalue weighted by atomic mass is 10.1. The van der Waals surface area contributed by atoms with Crippen molar-refractivity contribution in [1.29, 1.82) is 0 Å². The third-order valence-corrected chi connectivity index (χ3v) is 3.12. The van der Waals surface area contributed by atoms with Gasteiger partial charge in [0, 0.05) is 6.04 Å². The van der Waals surface area contributed by atoms with Crippen LogP contribution in [-0.2, 0) is 0 Å². The van der Waals surface area contributed by atoms with E-state index in [9.17, 15) is 30.3 Å². The molecule has 12 nitrogen and oxygen atoms in total. The molecule has 12 heteroatoms. The second-order valence-electron chi connectivity index (χ2n) is 5.08. The molecular weight excluding hydrogens is 338 g/mol. The van der Waals surface area contributed by atoms with Gasteiger partial charge in [-0.05, 0) is 19.4 Å². The molecule has 0 heterocycles. The highest BCUT2D eigenvalue weighted by molar-refractivity contribution is 5.64. The van der Waals surface area contributed by atoms with Gasteiger partial charge in [0.05, 0.1) is 26.9 Å². The van der Waals surface area contributed by atoms with Crippen molar-refractivity contribution in [3.8, 4) is 5.75 Å². The second kappa shape index (κ2) is 10.8. The van der Waals surface area contributed by atoms with Crippen molar-refractivity contribution < 1.29 is 19.9 Å². The quantitative estimate of drug-likeness (QED) is 0.458. The minimum atomic E-state index is -1.21. The van der Waals surface area contributed by atoms with Crippen LogP contribution in [0.25, 0.3) is 0 Å². The van der Waals surface area contributed by atoms with Gasteiger partial charge in [0.1, 0.15) is 0 Å². The predicted molar refractivity (Wildman–Crippen MR) is 89.2 cm³/mol. The molecule has 5 N–H and O–H groups in total. The van der Waals surface area contributed by atoms with Gasteiger partial charge in [0.2, 0.25) is 0 Å². The van der Waals surface area contributed by atoms with Crippen LogP contribution in [0, 0.1) is 30.3 Å². The van der Waals surface area contributed by atoms with Gasteiger partial charge in [-0.1, -0.05) is 19.8 Å². The molecule has 0 aliphatic heterocycles. The highest BCUT2D eigenvalue weighted by Crippen LogP contribution is 2.38. The van der Waals surface area contributed by atoms with Gasteiger partial charge in [-0.15, -0.1) is 0 Å². The Bertz CT molecular complexity index is 588. The molecule has 25 heavy (non-hydrogen) atoms. The standard InChI is InChI=1S/C7H18N2.C6H3N3O7/c1-2-3-4-7(9)5-6-8;10-6-4(8(13)14)1-3(7(11)12)2-5(6)9(15)16/h7H,2-6,8-9H2,1H3;1-2,10H. The Morgan fingerprint density at radius 1 is 1.04 bits per heavy atom. The SMILES string of the molecule is CCCCC(N)CCN.O=[N+]([O-])c1cc([N+](=O)[O-])c(O)c([N+](=O)[O-])c1. The molecule has 0 saturated heterocycles. The van der Waals surface area contributed by atoms with Crippen molar-refractivity contribution in [1.82, 2.24) is 0 Å². The summed E-state index contributed by atoms with van der Waals surface area (Å²) in [5, 5.41) is 40.2. The Morgan fingerprint density at radius 2 is 1.52 bits per heavy atom. The fourth-order valence-electron chi connectivity index (χ4n) is 1.80. The van der Waals surface area contributed by atoms with Crippen molar-refractivity contribution in [3.05, 3.63) is 42.5 Å². The maximum absolute atomic E-state index is 10.4. The Hall–Kier alpha value is -2.86. The van der Waals surface area contributed by atoms with Crippen LogP contribution in [0.4, 0.5) is 17.1 Å². The number of unbranched alkanes of at least 4 members (excludes halogenated alkanes) is 1. The Kier molecular flexibility index (Phi) is 9.59. The number of hydrogen-bond donors (Lipinski definition) is 3. The second-order valence-corrected chi connectivity index (χ2v) is 5.08. The summed E-state index contributed by atoms with van der Waals surface area (Å²) in [5.74, 6) is -1.21. The lowest BCUT2D eigenvalue weighted by Crippen LogP contribution is -2.23. The summed E-state index contributed by atoms with van der Waals surface area (Å²) in [4.78, 5) is 27.8. The molecule has 1 unspecified atom stereocenters. The molecule has 0 amide bonds. The zero-order valence-corrected chi connectivity index (χ0v) is 13.7. The highest BCUT2D eigenvalue weighted by Gasteiger charge is 2.30. The smallest absolute Gasteiger partial charge is 0.324 e. The number of nitrogens with two attached hydrogens (primary N) is 2. The van der Waals surface area contributed by atoms with Crippen molar-refractivity contribution in [2.75, 3.05) is 6.54 Å². The molecule has 0 aliphatic rings. The van der Waals surface area contributed by atoms with E-state index in [1.54, 1.807) is 0 Å². The number of benzene rings is 1. The van der Waals surface area contributed by atoms with Crippen LogP contribution in [0.3, 0.4) is 0 Å². The summed E-state index contributed by atoms with van der Waals surface area (Å²) in [6.07, 6.45) is 4.58. The third-order valence-electron chi connectivity index (χ3n) is 3.12. The third kappa shape index (κ3) is 7.50. The Labute approximate surface area is 142 Å². The zero-order valence-electron chi connectivity index (χ0n) is 13.7. The van der Waals surface area contributed by atoms with Crippen LogP contribution in [0.1, 0.15) is 32.6 Å². The number of rotatable bonds is 8. The number of hydrogen-bond acceptors (Lipinski definition) is 9. The Balaban J connectivity index is 0.000000547. The molecule has 0 saturated carbocycles. The van der Waals surface area contributed by atoms with Crippen molar-refractivity contribution in [2.24, 2.45) is 11.5 Å². The van der Waals surface area contributed by atoms with E-state index in [0.717, 1.165) is 19.4 Å². The van der Waals surface area contributed by atoms with Crippen molar-refractivity contribution in [2.45, 2.75) is 38.6 Å². The van der Waals surface area contributed by atoms with Crippen molar-refractivity contribution in [3.63, 3.8) is 0 Å². The lowest BCUT2D eigenvalue weighted by molar-refractivity contribution is -0.404. The average Bonchev–Trinajstić information content (AvgIpc) is 2.53. The number of non-ortho nitro benzene ring substituents is 1. The molecule has 0 spiro atoms. The van der Waals surface area contributed by atoms with Gasteiger partial charge in [-0.2, -0.15) is 0 Å². The number of phenolic OH excluding ortho intramolecular Hbond substituents is 1.